The highest BCUT2D eigenvalue weighted by Crippen LogP contribution is 2.35. The number of hydrogen-bond donors (Lipinski definition) is 4. The molecule has 2 atom stereocenters. The summed E-state index contributed by atoms with van der Waals surface area (Å²) >= 11 is 26.5. The minimum absolute atomic E-state index is 0.00608. The van der Waals surface area contributed by atoms with E-state index in [0.29, 0.717) is 26.7 Å². The van der Waals surface area contributed by atoms with E-state index in [1.54, 1.807) is 48.5 Å². The smallest absolute Gasteiger partial charge is 0.416 e. The Kier molecular flexibility index (Phi) is 15.1. The second-order valence-electron chi connectivity index (χ2n) is 12.2. The Morgan fingerprint density at radius 1 is 0.644 bits per heavy atom. The number of thiazole rings is 2. The molecule has 2 aromatic heterocycles. The molecule has 2 amide bonds. The highest BCUT2D eigenvalue weighted by Gasteiger charge is 2.30. The number of rotatable bonds is 12. The monoisotopic (exact) mass is 926 g/mol. The van der Waals surface area contributed by atoms with Crippen molar-refractivity contribution in [3.8, 4) is 21.1 Å². The first-order valence-electron chi connectivity index (χ1n) is 16.7. The number of nitrogens with one attached hydrogen (secondary N) is 2. The fourth-order valence-corrected chi connectivity index (χ4v) is 7.83. The van der Waals surface area contributed by atoms with Crippen LogP contribution in [0.4, 0.5) is 17.6 Å². The van der Waals surface area contributed by atoms with Crippen molar-refractivity contribution >= 4 is 92.8 Å². The quantitative estimate of drug-likeness (QED) is 0.0883. The van der Waals surface area contributed by atoms with Crippen molar-refractivity contribution in [1.29, 1.82) is 0 Å². The molecule has 0 saturated carbocycles. The van der Waals surface area contributed by atoms with Crippen LogP contribution in [0, 0.1) is 5.82 Å². The lowest BCUT2D eigenvalue weighted by Crippen LogP contribution is -2.30. The minimum atomic E-state index is -4.45. The molecule has 4 aromatic carbocycles. The van der Waals surface area contributed by atoms with E-state index in [1.165, 1.54) is 35.0 Å². The van der Waals surface area contributed by atoms with Gasteiger partial charge in [-0.05, 0) is 47.5 Å². The third-order valence-corrected chi connectivity index (χ3v) is 11.6. The zero-order chi connectivity index (χ0) is 43.0. The zero-order valence-corrected chi connectivity index (χ0v) is 34.2. The number of carboxylic acid groups (broad SMARTS) is 2. The van der Waals surface area contributed by atoms with Crippen molar-refractivity contribution in [1.82, 2.24) is 20.6 Å². The van der Waals surface area contributed by atoms with Crippen LogP contribution in [0.5, 0.6) is 0 Å². The van der Waals surface area contributed by atoms with Crippen molar-refractivity contribution in [2.45, 2.75) is 31.1 Å². The van der Waals surface area contributed by atoms with Gasteiger partial charge < -0.3 is 20.8 Å². The maximum absolute atomic E-state index is 13.9. The molecule has 0 spiro atoms. The van der Waals surface area contributed by atoms with Gasteiger partial charge >= 0.3 is 18.1 Å². The van der Waals surface area contributed by atoms with E-state index in [4.69, 9.17) is 46.4 Å². The van der Waals surface area contributed by atoms with Crippen LogP contribution >= 0.6 is 69.1 Å². The molecule has 4 N–H and O–H groups in total. The standard InChI is InChI=1S/C20H13Cl2F3N2O3S.C19H13Cl2FN2O3S/c21-13-3-1-2-12(17(13)22)14(8-16(28)29)26-18(30)15-9-31-19(27-15)10-4-6-11(7-5-10)20(23,24)25;20-12-6-3-5-11(17(12)21)14(8-16(25)26)23-18(27)15-9-28-19(24-15)10-4-1-2-7-13(10)22/h1-7,9,14H,8H2,(H,26,30)(H,28,29);1-7,9,14H,8H2,(H,23,27)(H,25,26)/t2*14-/m00/s1. The van der Waals surface area contributed by atoms with Gasteiger partial charge in [0.2, 0.25) is 0 Å². The normalized spacial score (nSPS) is 12.1. The second kappa shape index (κ2) is 19.8. The maximum Gasteiger partial charge on any atom is 0.416 e. The Bertz CT molecular complexity index is 2500. The number of carboxylic acids is 2. The van der Waals surface area contributed by atoms with Gasteiger partial charge in [-0.3, -0.25) is 19.2 Å². The molecule has 2 heterocycles. The maximum atomic E-state index is 13.9. The number of alkyl halides is 3. The molecule has 59 heavy (non-hydrogen) atoms. The van der Waals surface area contributed by atoms with Crippen LogP contribution in [0.3, 0.4) is 0 Å². The molecule has 306 valence electrons. The number of halogens is 8. The van der Waals surface area contributed by atoms with Crippen LogP contribution in [-0.4, -0.2) is 43.9 Å². The highest BCUT2D eigenvalue weighted by molar-refractivity contribution is 7.13. The Morgan fingerprint density at radius 2 is 1.10 bits per heavy atom. The number of aliphatic carboxylic acids is 2. The van der Waals surface area contributed by atoms with E-state index in [1.807, 2.05) is 0 Å². The SMILES string of the molecule is O=C(O)C[C@H](NC(=O)c1csc(-c2ccc(C(F)(F)F)cc2)n1)c1cccc(Cl)c1Cl.O=C(O)C[C@H](NC(=O)c1csc(-c2ccccc2F)n1)c1cccc(Cl)c1Cl. The minimum Gasteiger partial charge on any atom is -0.481 e. The van der Waals surface area contributed by atoms with Gasteiger partial charge in [0.05, 0.1) is 50.6 Å². The highest BCUT2D eigenvalue weighted by atomic mass is 35.5. The van der Waals surface area contributed by atoms with E-state index in [0.717, 1.165) is 34.8 Å². The lowest BCUT2D eigenvalue weighted by Gasteiger charge is -2.18. The third-order valence-electron chi connectivity index (χ3n) is 8.12. The predicted molar refractivity (Wildman–Crippen MR) is 218 cm³/mol. The van der Waals surface area contributed by atoms with Gasteiger partial charge in [0.15, 0.2) is 0 Å². The summed E-state index contributed by atoms with van der Waals surface area (Å²) in [6.07, 6.45) is -5.29. The van der Waals surface area contributed by atoms with Crippen LogP contribution < -0.4 is 10.6 Å². The number of carbonyl (C=O) groups excluding carboxylic acids is 2. The topological polar surface area (TPSA) is 159 Å². The number of carbonyl (C=O) groups is 4. The van der Waals surface area contributed by atoms with Crippen molar-refractivity contribution in [2.75, 3.05) is 0 Å². The average Bonchev–Trinajstić information content (AvgIpc) is 3.88. The van der Waals surface area contributed by atoms with Gasteiger partial charge in [0, 0.05) is 21.9 Å². The molecule has 20 heteroatoms. The first-order valence-corrected chi connectivity index (χ1v) is 20.0. The van der Waals surface area contributed by atoms with Gasteiger partial charge in [0.1, 0.15) is 27.2 Å². The molecule has 0 radical (unpaired) electrons. The van der Waals surface area contributed by atoms with E-state index < -0.39 is 66.2 Å². The van der Waals surface area contributed by atoms with Gasteiger partial charge in [-0.25, -0.2) is 14.4 Å². The summed E-state index contributed by atoms with van der Waals surface area (Å²) in [6, 6.07) is 18.1. The Morgan fingerprint density at radius 3 is 1.56 bits per heavy atom. The number of aromatic nitrogens is 2. The fraction of sp³-hybridized carbons (Fsp3) is 0.128. The molecule has 6 rings (SSSR count). The molecule has 0 aliphatic carbocycles. The largest absolute Gasteiger partial charge is 0.481 e. The van der Waals surface area contributed by atoms with Crippen LogP contribution in [0.1, 0.15) is 62.6 Å². The average molecular weight is 929 g/mol. The molecule has 0 aliphatic rings. The molecule has 0 fully saturated rings. The first kappa shape index (κ1) is 45.0. The van der Waals surface area contributed by atoms with E-state index >= 15 is 0 Å². The van der Waals surface area contributed by atoms with Gasteiger partial charge in [-0.2, -0.15) is 13.2 Å². The molecule has 0 bridgehead atoms. The summed E-state index contributed by atoms with van der Waals surface area (Å²) in [5, 5.41) is 27.9. The molecule has 0 unspecified atom stereocenters. The van der Waals surface area contributed by atoms with Crippen molar-refractivity contribution < 1.29 is 47.0 Å². The number of hydrogen-bond acceptors (Lipinski definition) is 8. The molecule has 10 nitrogen and oxygen atoms in total. The summed E-state index contributed by atoms with van der Waals surface area (Å²) in [7, 11) is 0. The summed E-state index contributed by atoms with van der Waals surface area (Å²) < 4.78 is 52.1. The second-order valence-corrected chi connectivity index (χ2v) is 15.5. The van der Waals surface area contributed by atoms with Gasteiger partial charge in [0.25, 0.3) is 11.8 Å². The Balaban J connectivity index is 0.000000225. The lowest BCUT2D eigenvalue weighted by atomic mass is 10.0. The zero-order valence-electron chi connectivity index (χ0n) is 29.6. The lowest BCUT2D eigenvalue weighted by molar-refractivity contribution is -0.138. The summed E-state index contributed by atoms with van der Waals surface area (Å²) in [5.41, 5.74) is 0.673. The molecule has 6 aromatic rings. The number of benzene rings is 4. The fourth-order valence-electron chi connectivity index (χ4n) is 5.32. The first-order chi connectivity index (χ1) is 27.9. The molecule has 0 aliphatic heterocycles. The predicted octanol–water partition coefficient (Wildman–Crippen LogP) is 11.3. The Hall–Kier alpha value is -5.10. The van der Waals surface area contributed by atoms with E-state index in [9.17, 15) is 47.0 Å². The molecule has 0 saturated heterocycles. The number of nitrogens with zero attached hydrogens (tertiary/aromatic N) is 2. The van der Waals surface area contributed by atoms with Crippen LogP contribution in [0.25, 0.3) is 21.1 Å². The Labute approximate surface area is 360 Å². The van der Waals surface area contributed by atoms with Gasteiger partial charge in [-0.15, -0.1) is 22.7 Å². The summed E-state index contributed by atoms with van der Waals surface area (Å²) in [4.78, 5) is 56.1. The van der Waals surface area contributed by atoms with E-state index in [-0.39, 0.29) is 37.0 Å². The molecular weight excluding hydrogens is 902 g/mol. The van der Waals surface area contributed by atoms with Crippen molar-refractivity contribution in [2.24, 2.45) is 0 Å². The van der Waals surface area contributed by atoms with Crippen molar-refractivity contribution in [3.63, 3.8) is 0 Å². The molecular formula is C39H26Cl4F4N4O6S2. The third kappa shape index (κ3) is 11.8. The van der Waals surface area contributed by atoms with E-state index in [2.05, 4.69) is 20.6 Å². The van der Waals surface area contributed by atoms with Crippen LogP contribution in [0.15, 0.2) is 95.7 Å². The van der Waals surface area contributed by atoms with Gasteiger partial charge in [-0.1, -0.05) is 94.9 Å². The summed E-state index contributed by atoms with van der Waals surface area (Å²) in [5.74, 6) is -3.98. The van der Waals surface area contributed by atoms with Crippen LogP contribution in [0.2, 0.25) is 20.1 Å². The summed E-state index contributed by atoms with van der Waals surface area (Å²) in [6.45, 7) is 0. The van der Waals surface area contributed by atoms with Crippen molar-refractivity contribution in [3.05, 3.63) is 150 Å². The number of amides is 2. The van der Waals surface area contributed by atoms with Crippen LogP contribution in [-0.2, 0) is 15.8 Å².